The molecule has 0 fully saturated rings. The van der Waals surface area contributed by atoms with Crippen molar-refractivity contribution in [3.05, 3.63) is 36.7 Å². The van der Waals surface area contributed by atoms with Crippen molar-refractivity contribution in [2.45, 2.75) is 4.90 Å². The molecule has 0 aliphatic heterocycles. The topological polar surface area (TPSA) is 46.5 Å². The minimum atomic E-state index is -3.74. The van der Waals surface area contributed by atoms with Crippen LogP contribution in [0.25, 0.3) is 0 Å². The summed E-state index contributed by atoms with van der Waals surface area (Å²) in [6, 6.07) is 4.36. The van der Waals surface area contributed by atoms with Gasteiger partial charge in [-0.2, -0.15) is 8.42 Å². The summed E-state index contributed by atoms with van der Waals surface area (Å²) in [4.78, 5) is -0.0787. The molecule has 0 saturated heterocycles. The largest absolute Gasteiger partial charge is 0.289 e. The van der Waals surface area contributed by atoms with Crippen molar-refractivity contribution in [3.8, 4) is 0 Å². The Morgan fingerprint density at radius 2 is 1.85 bits per heavy atom. The molecule has 0 unspecified atom stereocenters. The summed E-state index contributed by atoms with van der Waals surface area (Å²) in [7, 11) is -3.74. The van der Waals surface area contributed by atoms with Gasteiger partial charge in [0, 0.05) is 0 Å². The first-order valence-corrected chi connectivity index (χ1v) is 4.75. The van der Waals surface area contributed by atoms with Crippen molar-refractivity contribution in [1.82, 2.24) is 0 Å². The van der Waals surface area contributed by atoms with Gasteiger partial charge in [0.2, 0.25) is 0 Å². The third kappa shape index (κ3) is 2.24. The van der Waals surface area contributed by atoms with E-state index in [9.17, 15) is 12.8 Å². The Bertz CT molecular complexity index is 444. The molecule has 13 heavy (non-hydrogen) atoms. The molecule has 0 atom stereocenters. The monoisotopic (exact) mass is 199 g/mol. The van der Waals surface area contributed by atoms with Crippen LogP contribution in [0.1, 0.15) is 0 Å². The van der Waals surface area contributed by atoms with Gasteiger partial charge >= 0.3 is 0 Å². The standard InChI is InChI=1S/C8H6FNO2S/c1-2-10-13(11,12)8-5-3-7(9)4-6-8/h3-6H,1H2. The van der Waals surface area contributed by atoms with Gasteiger partial charge in [0.1, 0.15) is 5.82 Å². The van der Waals surface area contributed by atoms with E-state index in [1.165, 1.54) is 0 Å². The number of sulfonamides is 1. The summed E-state index contributed by atoms with van der Waals surface area (Å²) in [6.45, 7) is 3.04. The molecule has 1 aromatic rings. The van der Waals surface area contributed by atoms with Crippen LogP contribution in [0, 0.1) is 5.82 Å². The van der Waals surface area contributed by atoms with Crippen molar-refractivity contribution in [2.24, 2.45) is 4.40 Å². The van der Waals surface area contributed by atoms with Gasteiger partial charge in [0.25, 0.3) is 10.0 Å². The van der Waals surface area contributed by atoms with Gasteiger partial charge in [0.15, 0.2) is 0 Å². The highest BCUT2D eigenvalue weighted by Crippen LogP contribution is 2.11. The lowest BCUT2D eigenvalue weighted by Crippen LogP contribution is -1.95. The fourth-order valence-corrected chi connectivity index (χ4v) is 1.50. The summed E-state index contributed by atoms with van der Waals surface area (Å²) >= 11 is 0. The van der Waals surface area contributed by atoms with Crippen LogP contribution in [0.4, 0.5) is 4.39 Å². The fourth-order valence-electron chi connectivity index (χ4n) is 0.744. The maximum atomic E-state index is 12.4. The minimum Gasteiger partial charge on any atom is -0.207 e. The minimum absolute atomic E-state index is 0.0787. The lowest BCUT2D eigenvalue weighted by atomic mass is 10.4. The summed E-state index contributed by atoms with van der Waals surface area (Å²) in [6.07, 6.45) is 0. The van der Waals surface area contributed by atoms with Crippen molar-refractivity contribution in [3.63, 3.8) is 0 Å². The Morgan fingerprint density at radius 1 is 1.31 bits per heavy atom. The van der Waals surface area contributed by atoms with Gasteiger partial charge in [-0.25, -0.2) is 4.39 Å². The number of hydrogen-bond donors (Lipinski definition) is 0. The first-order chi connectivity index (χ1) is 6.06. The van der Waals surface area contributed by atoms with Gasteiger partial charge in [-0.15, -0.1) is 4.40 Å². The maximum absolute atomic E-state index is 12.4. The molecular formula is C8H6FNO2S. The first-order valence-electron chi connectivity index (χ1n) is 3.31. The fraction of sp³-hybridized carbons (Fsp3) is 0. The van der Waals surface area contributed by atoms with E-state index in [0.717, 1.165) is 24.3 Å². The second-order valence-corrected chi connectivity index (χ2v) is 3.78. The highest BCUT2D eigenvalue weighted by molar-refractivity contribution is 7.90. The van der Waals surface area contributed by atoms with E-state index in [1.807, 2.05) is 5.87 Å². The second-order valence-electron chi connectivity index (χ2n) is 2.18. The highest BCUT2D eigenvalue weighted by Gasteiger charge is 2.10. The Morgan fingerprint density at radius 3 is 2.31 bits per heavy atom. The predicted octanol–water partition coefficient (Wildman–Crippen LogP) is 1.37. The summed E-state index contributed by atoms with van der Waals surface area (Å²) < 4.78 is 37.8. The van der Waals surface area contributed by atoms with E-state index in [4.69, 9.17) is 0 Å². The Kier molecular flexibility index (Phi) is 2.60. The molecule has 0 bridgehead atoms. The molecule has 68 valence electrons. The molecular weight excluding hydrogens is 193 g/mol. The second kappa shape index (κ2) is 3.51. The van der Waals surface area contributed by atoms with Crippen LogP contribution in [-0.4, -0.2) is 14.3 Å². The molecule has 0 N–H and O–H groups in total. The summed E-state index contributed by atoms with van der Waals surface area (Å²) in [5.41, 5.74) is 0. The zero-order valence-electron chi connectivity index (χ0n) is 6.57. The smallest absolute Gasteiger partial charge is 0.207 e. The number of nitrogens with zero attached hydrogens (tertiary/aromatic N) is 1. The Labute approximate surface area is 75.3 Å². The van der Waals surface area contributed by atoms with Crippen LogP contribution < -0.4 is 0 Å². The van der Waals surface area contributed by atoms with Crippen molar-refractivity contribution < 1.29 is 12.8 Å². The van der Waals surface area contributed by atoms with E-state index < -0.39 is 15.8 Å². The molecule has 5 heteroatoms. The predicted molar refractivity (Wildman–Crippen MR) is 46.6 cm³/mol. The van der Waals surface area contributed by atoms with Crippen LogP contribution in [0.3, 0.4) is 0 Å². The molecule has 0 spiro atoms. The van der Waals surface area contributed by atoms with E-state index in [1.54, 1.807) is 0 Å². The van der Waals surface area contributed by atoms with Crippen LogP contribution in [0.15, 0.2) is 40.1 Å². The van der Waals surface area contributed by atoms with Crippen LogP contribution >= 0.6 is 0 Å². The molecule has 0 radical (unpaired) electrons. The van der Waals surface area contributed by atoms with Crippen molar-refractivity contribution >= 4 is 15.9 Å². The highest BCUT2D eigenvalue weighted by atomic mass is 32.2. The van der Waals surface area contributed by atoms with Crippen LogP contribution in [0.2, 0.25) is 0 Å². The average molecular weight is 199 g/mol. The first kappa shape index (κ1) is 9.64. The Balaban J connectivity index is 3.24. The van der Waals surface area contributed by atoms with E-state index >= 15 is 0 Å². The van der Waals surface area contributed by atoms with Crippen LogP contribution in [0.5, 0.6) is 0 Å². The summed E-state index contributed by atoms with van der Waals surface area (Å²) in [5.74, 6) is 1.42. The molecule has 0 aliphatic carbocycles. The molecule has 0 aromatic heterocycles. The maximum Gasteiger partial charge on any atom is 0.289 e. The van der Waals surface area contributed by atoms with Gasteiger partial charge in [-0.05, 0) is 36.7 Å². The molecule has 0 amide bonds. The third-order valence-electron chi connectivity index (χ3n) is 1.30. The number of rotatable bonds is 2. The molecule has 0 aliphatic rings. The Hall–Kier alpha value is -1.45. The average Bonchev–Trinajstić information content (AvgIpc) is 2.05. The van der Waals surface area contributed by atoms with E-state index in [2.05, 4.69) is 11.0 Å². The zero-order chi connectivity index (χ0) is 9.90. The number of halogens is 1. The van der Waals surface area contributed by atoms with Crippen LogP contribution in [-0.2, 0) is 10.0 Å². The van der Waals surface area contributed by atoms with E-state index in [0.29, 0.717) is 0 Å². The van der Waals surface area contributed by atoms with Crippen molar-refractivity contribution in [1.29, 1.82) is 0 Å². The normalized spacial score (nSPS) is 10.5. The lowest BCUT2D eigenvalue weighted by molar-refractivity contribution is 0.597. The molecule has 0 heterocycles. The SMILES string of the molecule is C=C=NS(=O)(=O)c1ccc(F)cc1. The number of benzene rings is 1. The zero-order valence-corrected chi connectivity index (χ0v) is 7.38. The summed E-state index contributed by atoms with van der Waals surface area (Å²) in [5, 5.41) is 0. The van der Waals surface area contributed by atoms with E-state index in [-0.39, 0.29) is 4.90 Å². The quantitative estimate of drug-likeness (QED) is 0.675. The van der Waals surface area contributed by atoms with Gasteiger partial charge < -0.3 is 0 Å². The molecule has 1 rings (SSSR count). The molecule has 0 saturated carbocycles. The van der Waals surface area contributed by atoms with Gasteiger partial charge in [0.05, 0.1) is 4.90 Å². The number of hydrogen-bond acceptors (Lipinski definition) is 2. The molecule has 3 nitrogen and oxygen atoms in total. The third-order valence-corrected chi connectivity index (χ3v) is 2.53. The van der Waals surface area contributed by atoms with Gasteiger partial charge in [-0.1, -0.05) is 0 Å². The lowest BCUT2D eigenvalue weighted by Gasteiger charge is -1.95. The van der Waals surface area contributed by atoms with Gasteiger partial charge in [-0.3, -0.25) is 0 Å². The van der Waals surface area contributed by atoms with Crippen molar-refractivity contribution in [2.75, 3.05) is 0 Å². The molecule has 1 aromatic carbocycles.